The van der Waals surface area contributed by atoms with E-state index in [4.69, 9.17) is 16.9 Å². The fraction of sp³-hybridized carbons (Fsp3) is 0.312. The molecule has 3 rings (SSSR count). The second-order valence-corrected chi connectivity index (χ2v) is 6.92. The molecule has 0 bridgehead atoms. The summed E-state index contributed by atoms with van der Waals surface area (Å²) in [5.74, 6) is 0. The summed E-state index contributed by atoms with van der Waals surface area (Å²) in [6, 6.07) is 7.84. The number of urea groups is 1. The van der Waals surface area contributed by atoms with Crippen LogP contribution >= 0.6 is 22.9 Å². The number of amides is 2. The maximum atomic E-state index is 12.3. The number of piperazine rings is 1. The third kappa shape index (κ3) is 3.61. The van der Waals surface area contributed by atoms with Gasteiger partial charge in [0.15, 0.2) is 5.13 Å². The molecule has 124 valence electrons. The van der Waals surface area contributed by atoms with Crippen LogP contribution in [0.5, 0.6) is 0 Å². The number of hydrogen-bond donors (Lipinski definition) is 1. The van der Waals surface area contributed by atoms with Gasteiger partial charge in [0.2, 0.25) is 0 Å². The molecular weight excluding hydrogens is 346 g/mol. The van der Waals surface area contributed by atoms with Crippen LogP contribution in [0.4, 0.5) is 15.6 Å². The molecule has 2 heterocycles. The van der Waals surface area contributed by atoms with Crippen LogP contribution in [-0.2, 0) is 0 Å². The highest BCUT2D eigenvalue weighted by molar-refractivity contribution is 7.16. The van der Waals surface area contributed by atoms with E-state index in [1.165, 1.54) is 17.5 Å². The third-order valence-corrected chi connectivity index (χ3v) is 5.14. The van der Waals surface area contributed by atoms with Gasteiger partial charge in [-0.15, -0.1) is 0 Å². The largest absolute Gasteiger partial charge is 0.368 e. The Kier molecular flexibility index (Phi) is 4.88. The highest BCUT2D eigenvalue weighted by Crippen LogP contribution is 2.24. The summed E-state index contributed by atoms with van der Waals surface area (Å²) in [7, 11) is 0. The number of nitrogens with one attached hydrogen (secondary N) is 1. The Bertz CT molecular complexity index is 792. The van der Waals surface area contributed by atoms with E-state index in [0.717, 1.165) is 29.4 Å². The van der Waals surface area contributed by atoms with Crippen LogP contribution in [0.2, 0.25) is 5.02 Å². The molecule has 0 radical (unpaired) electrons. The summed E-state index contributed by atoms with van der Waals surface area (Å²) in [6.07, 6.45) is 1.46. The summed E-state index contributed by atoms with van der Waals surface area (Å²) in [6.45, 7) is 4.70. The van der Waals surface area contributed by atoms with Gasteiger partial charge in [0, 0.05) is 36.9 Å². The highest BCUT2D eigenvalue weighted by Gasteiger charge is 2.22. The quantitative estimate of drug-likeness (QED) is 0.890. The highest BCUT2D eigenvalue weighted by atomic mass is 35.5. The smallest absolute Gasteiger partial charge is 0.323 e. The zero-order valence-electron chi connectivity index (χ0n) is 13.1. The van der Waals surface area contributed by atoms with Gasteiger partial charge in [-0.1, -0.05) is 29.0 Å². The van der Waals surface area contributed by atoms with E-state index in [0.29, 0.717) is 23.1 Å². The van der Waals surface area contributed by atoms with Gasteiger partial charge in [0.25, 0.3) is 0 Å². The second-order valence-electron chi connectivity index (χ2n) is 5.48. The molecule has 24 heavy (non-hydrogen) atoms. The predicted octanol–water partition coefficient (Wildman–Crippen LogP) is 3.33. The van der Waals surface area contributed by atoms with Gasteiger partial charge in [0.05, 0.1) is 6.20 Å². The van der Waals surface area contributed by atoms with E-state index in [2.05, 4.69) is 21.3 Å². The number of rotatable bonds is 2. The number of aromatic nitrogens is 1. The Morgan fingerprint density at radius 3 is 2.75 bits per heavy atom. The molecule has 2 aromatic rings. The molecule has 2 amide bonds. The molecular formula is C16H16ClN5OS. The van der Waals surface area contributed by atoms with E-state index < -0.39 is 0 Å². The fourth-order valence-electron chi connectivity index (χ4n) is 2.50. The van der Waals surface area contributed by atoms with Crippen LogP contribution in [-0.4, -0.2) is 42.1 Å². The predicted molar refractivity (Wildman–Crippen MR) is 95.8 cm³/mol. The molecule has 0 saturated carbocycles. The van der Waals surface area contributed by atoms with Crippen molar-refractivity contribution in [3.63, 3.8) is 0 Å². The summed E-state index contributed by atoms with van der Waals surface area (Å²) >= 11 is 7.36. The molecule has 0 atom stereocenters. The average Bonchev–Trinajstić information content (AvgIpc) is 3.05. The monoisotopic (exact) mass is 361 g/mol. The topological polar surface area (TPSA) is 72.3 Å². The van der Waals surface area contributed by atoms with Gasteiger partial charge in [-0.2, -0.15) is 5.26 Å². The molecule has 6 nitrogen and oxygen atoms in total. The Morgan fingerprint density at radius 1 is 1.38 bits per heavy atom. The Labute approximate surface area is 149 Å². The third-order valence-electron chi connectivity index (χ3n) is 3.92. The van der Waals surface area contributed by atoms with Crippen molar-refractivity contribution in [3.8, 4) is 6.07 Å². The minimum Gasteiger partial charge on any atom is -0.368 e. The van der Waals surface area contributed by atoms with Crippen molar-refractivity contribution >= 4 is 39.8 Å². The molecule has 1 aliphatic rings. The number of anilines is 2. The summed E-state index contributed by atoms with van der Waals surface area (Å²) < 4.78 is 0. The van der Waals surface area contributed by atoms with Crippen LogP contribution in [0.3, 0.4) is 0 Å². The number of aryl methyl sites for hydroxylation is 1. The molecule has 0 unspecified atom stereocenters. The minimum absolute atomic E-state index is 0.185. The zero-order valence-corrected chi connectivity index (χ0v) is 14.7. The van der Waals surface area contributed by atoms with Crippen molar-refractivity contribution in [1.29, 1.82) is 5.26 Å². The SMILES string of the molecule is Cc1ccc(N2CCN(C(=O)Nc3ncc(C#N)s3)CC2)cc1Cl. The lowest BCUT2D eigenvalue weighted by Crippen LogP contribution is -2.50. The van der Waals surface area contributed by atoms with Crippen LogP contribution < -0.4 is 10.2 Å². The van der Waals surface area contributed by atoms with E-state index in [-0.39, 0.29) is 6.03 Å². The van der Waals surface area contributed by atoms with Crippen LogP contribution in [0.25, 0.3) is 0 Å². The van der Waals surface area contributed by atoms with Gasteiger partial charge >= 0.3 is 6.03 Å². The molecule has 1 N–H and O–H groups in total. The standard InChI is InChI=1S/C16H16ClN5OS/c1-11-2-3-12(8-14(11)17)21-4-6-22(7-5-21)16(23)20-15-19-10-13(9-18)24-15/h2-3,8,10H,4-7H2,1H3,(H,19,20,23). The van der Waals surface area contributed by atoms with Crippen molar-refractivity contribution in [2.45, 2.75) is 6.92 Å². The maximum Gasteiger partial charge on any atom is 0.323 e. The number of nitrogens with zero attached hydrogens (tertiary/aromatic N) is 4. The van der Waals surface area contributed by atoms with E-state index in [1.54, 1.807) is 4.90 Å². The van der Waals surface area contributed by atoms with Crippen molar-refractivity contribution in [2.24, 2.45) is 0 Å². The van der Waals surface area contributed by atoms with Gasteiger partial charge in [-0.3, -0.25) is 5.32 Å². The fourth-order valence-corrected chi connectivity index (χ4v) is 3.28. The molecule has 1 aromatic carbocycles. The molecule has 1 fully saturated rings. The lowest BCUT2D eigenvalue weighted by Gasteiger charge is -2.36. The average molecular weight is 362 g/mol. The summed E-state index contributed by atoms with van der Waals surface area (Å²) in [5.41, 5.74) is 2.13. The van der Waals surface area contributed by atoms with Crippen molar-refractivity contribution in [3.05, 3.63) is 39.9 Å². The molecule has 1 aliphatic heterocycles. The van der Waals surface area contributed by atoms with Gasteiger partial charge in [-0.25, -0.2) is 9.78 Å². The lowest BCUT2D eigenvalue weighted by molar-refractivity contribution is 0.208. The first kappa shape index (κ1) is 16.6. The molecule has 1 aromatic heterocycles. The Balaban J connectivity index is 1.57. The second kappa shape index (κ2) is 7.07. The number of halogens is 1. The van der Waals surface area contributed by atoms with Gasteiger partial charge in [0.1, 0.15) is 10.9 Å². The van der Waals surface area contributed by atoms with Gasteiger partial charge < -0.3 is 9.80 Å². The van der Waals surface area contributed by atoms with Crippen LogP contribution in [0.1, 0.15) is 10.4 Å². The molecule has 0 aliphatic carbocycles. The van der Waals surface area contributed by atoms with Crippen molar-refractivity contribution in [1.82, 2.24) is 9.88 Å². The number of thiazole rings is 1. The van der Waals surface area contributed by atoms with E-state index in [9.17, 15) is 4.79 Å². The number of carbonyl (C=O) groups is 1. The van der Waals surface area contributed by atoms with E-state index >= 15 is 0 Å². The maximum absolute atomic E-state index is 12.3. The Morgan fingerprint density at radius 2 is 2.12 bits per heavy atom. The number of carbonyl (C=O) groups excluding carboxylic acids is 1. The summed E-state index contributed by atoms with van der Waals surface area (Å²) in [5, 5.41) is 12.7. The number of hydrogen-bond acceptors (Lipinski definition) is 5. The van der Waals surface area contributed by atoms with Gasteiger partial charge in [-0.05, 0) is 24.6 Å². The first-order valence-electron chi connectivity index (χ1n) is 7.50. The lowest BCUT2D eigenvalue weighted by atomic mass is 10.2. The van der Waals surface area contributed by atoms with Crippen molar-refractivity contribution in [2.75, 3.05) is 36.4 Å². The van der Waals surface area contributed by atoms with Crippen molar-refractivity contribution < 1.29 is 4.79 Å². The number of nitriles is 1. The first-order chi connectivity index (χ1) is 11.6. The molecule has 1 saturated heterocycles. The normalized spacial score (nSPS) is 14.4. The Hall–Kier alpha value is -2.30. The van der Waals surface area contributed by atoms with E-state index in [1.807, 2.05) is 25.1 Å². The van der Waals surface area contributed by atoms with Crippen LogP contribution in [0.15, 0.2) is 24.4 Å². The molecule has 0 spiro atoms. The first-order valence-corrected chi connectivity index (χ1v) is 8.69. The number of benzene rings is 1. The minimum atomic E-state index is -0.185. The molecule has 8 heteroatoms. The van der Waals surface area contributed by atoms with Crippen LogP contribution in [0, 0.1) is 18.3 Å². The summed E-state index contributed by atoms with van der Waals surface area (Å²) in [4.78, 5) is 20.7. The zero-order chi connectivity index (χ0) is 17.1.